The van der Waals surface area contributed by atoms with Gasteiger partial charge in [0.1, 0.15) is 0 Å². The van der Waals surface area contributed by atoms with Gasteiger partial charge in [0.2, 0.25) is 0 Å². The zero-order chi connectivity index (χ0) is 12.0. The predicted molar refractivity (Wildman–Crippen MR) is 66.7 cm³/mol. The summed E-state index contributed by atoms with van der Waals surface area (Å²) in [6.07, 6.45) is 2.60. The van der Waals surface area contributed by atoms with E-state index in [1.807, 2.05) is 0 Å². The summed E-state index contributed by atoms with van der Waals surface area (Å²) < 4.78 is 10.9. The Morgan fingerprint density at radius 1 is 1.50 bits per heavy atom. The van der Waals surface area contributed by atoms with Crippen molar-refractivity contribution in [2.75, 3.05) is 33.4 Å². The van der Waals surface area contributed by atoms with Crippen molar-refractivity contribution in [3.05, 3.63) is 0 Å². The Labute approximate surface area is 99.9 Å². The van der Waals surface area contributed by atoms with Gasteiger partial charge < -0.3 is 14.8 Å². The van der Waals surface area contributed by atoms with Crippen LogP contribution in [-0.4, -0.2) is 39.5 Å². The van der Waals surface area contributed by atoms with Crippen molar-refractivity contribution in [2.24, 2.45) is 11.3 Å². The molecule has 1 rings (SSSR count). The molecule has 16 heavy (non-hydrogen) atoms. The predicted octanol–water partition coefficient (Wildman–Crippen LogP) is 2.06. The molecule has 1 aliphatic heterocycles. The topological polar surface area (TPSA) is 30.5 Å². The maximum absolute atomic E-state index is 5.73. The Bertz CT molecular complexity index is 196. The lowest BCUT2D eigenvalue weighted by atomic mass is 9.78. The summed E-state index contributed by atoms with van der Waals surface area (Å²) in [6, 6.07) is 0. The minimum absolute atomic E-state index is 0.283. The van der Waals surface area contributed by atoms with Crippen LogP contribution in [0.3, 0.4) is 0 Å². The fraction of sp³-hybridized carbons (Fsp3) is 1.00. The van der Waals surface area contributed by atoms with Crippen molar-refractivity contribution in [3.8, 4) is 0 Å². The van der Waals surface area contributed by atoms with Gasteiger partial charge >= 0.3 is 0 Å². The van der Waals surface area contributed by atoms with Gasteiger partial charge in [-0.05, 0) is 32.2 Å². The van der Waals surface area contributed by atoms with Crippen LogP contribution in [0.5, 0.6) is 0 Å². The highest BCUT2D eigenvalue weighted by atomic mass is 16.5. The molecule has 1 fully saturated rings. The molecule has 0 aliphatic carbocycles. The maximum atomic E-state index is 5.73. The minimum atomic E-state index is 0.283. The van der Waals surface area contributed by atoms with E-state index < -0.39 is 0 Å². The first kappa shape index (κ1) is 13.9. The van der Waals surface area contributed by atoms with E-state index in [0.29, 0.717) is 12.0 Å². The van der Waals surface area contributed by atoms with E-state index in [9.17, 15) is 0 Å². The van der Waals surface area contributed by atoms with Gasteiger partial charge in [0.25, 0.3) is 0 Å². The zero-order valence-corrected chi connectivity index (χ0v) is 11.2. The van der Waals surface area contributed by atoms with E-state index in [4.69, 9.17) is 9.47 Å². The van der Waals surface area contributed by atoms with Gasteiger partial charge in [-0.2, -0.15) is 0 Å². The lowest BCUT2D eigenvalue weighted by Gasteiger charge is -2.32. The van der Waals surface area contributed by atoms with Gasteiger partial charge in [0, 0.05) is 32.3 Å². The largest absolute Gasteiger partial charge is 0.385 e. The third kappa shape index (κ3) is 3.72. The number of hydrogen-bond acceptors (Lipinski definition) is 3. The molecule has 0 spiro atoms. The van der Waals surface area contributed by atoms with Crippen molar-refractivity contribution in [1.82, 2.24) is 5.32 Å². The summed E-state index contributed by atoms with van der Waals surface area (Å²) in [5, 5.41) is 3.57. The Balaban J connectivity index is 2.43. The third-order valence-corrected chi connectivity index (χ3v) is 3.66. The highest BCUT2D eigenvalue weighted by Gasteiger charge is 2.40. The molecule has 0 aromatic heterocycles. The molecule has 0 radical (unpaired) electrons. The molecule has 0 bridgehead atoms. The molecule has 0 amide bonds. The molecule has 2 unspecified atom stereocenters. The molecule has 1 N–H and O–H groups in total. The molecule has 1 aliphatic rings. The van der Waals surface area contributed by atoms with Gasteiger partial charge in [-0.15, -0.1) is 0 Å². The smallest absolute Gasteiger partial charge is 0.0617 e. The summed E-state index contributed by atoms with van der Waals surface area (Å²) in [5.74, 6) is 0.706. The van der Waals surface area contributed by atoms with Crippen molar-refractivity contribution < 1.29 is 9.47 Å². The summed E-state index contributed by atoms with van der Waals surface area (Å²) in [5.41, 5.74) is 0.283. The maximum Gasteiger partial charge on any atom is 0.0617 e. The summed E-state index contributed by atoms with van der Waals surface area (Å²) in [4.78, 5) is 0. The Morgan fingerprint density at radius 2 is 2.25 bits per heavy atom. The van der Waals surface area contributed by atoms with Crippen molar-refractivity contribution in [1.29, 1.82) is 0 Å². The van der Waals surface area contributed by atoms with Crippen LogP contribution < -0.4 is 5.32 Å². The fourth-order valence-corrected chi connectivity index (χ4v) is 2.38. The van der Waals surface area contributed by atoms with Gasteiger partial charge in [-0.3, -0.25) is 0 Å². The number of hydrogen-bond donors (Lipinski definition) is 1. The van der Waals surface area contributed by atoms with Crippen LogP contribution in [-0.2, 0) is 9.47 Å². The molecule has 1 heterocycles. The lowest BCUT2D eigenvalue weighted by molar-refractivity contribution is 0.0417. The molecule has 96 valence electrons. The molecular formula is C13H27NO2. The van der Waals surface area contributed by atoms with Crippen molar-refractivity contribution in [2.45, 2.75) is 39.7 Å². The molecule has 0 aromatic rings. The van der Waals surface area contributed by atoms with Gasteiger partial charge in [-0.25, -0.2) is 0 Å². The Kier molecular flexibility index (Phi) is 5.73. The first-order valence-electron chi connectivity index (χ1n) is 6.42. The number of rotatable bonds is 7. The van der Waals surface area contributed by atoms with E-state index in [0.717, 1.165) is 39.1 Å². The van der Waals surface area contributed by atoms with E-state index in [-0.39, 0.29) is 5.41 Å². The van der Waals surface area contributed by atoms with E-state index in [1.54, 1.807) is 7.11 Å². The van der Waals surface area contributed by atoms with Crippen LogP contribution in [0.1, 0.15) is 33.6 Å². The average Bonchev–Trinajstić information content (AvgIpc) is 2.58. The van der Waals surface area contributed by atoms with Crippen LogP contribution in [0.4, 0.5) is 0 Å². The van der Waals surface area contributed by atoms with Crippen LogP contribution in [0, 0.1) is 11.3 Å². The second-order valence-corrected chi connectivity index (χ2v) is 5.39. The SMILES string of the molecule is COCCC1(CNCC(C)C)CCOC1C. The van der Waals surface area contributed by atoms with Crippen molar-refractivity contribution >= 4 is 0 Å². The molecule has 3 heteroatoms. The average molecular weight is 229 g/mol. The van der Waals surface area contributed by atoms with Gasteiger partial charge in [0.05, 0.1) is 6.10 Å². The van der Waals surface area contributed by atoms with Crippen molar-refractivity contribution in [3.63, 3.8) is 0 Å². The van der Waals surface area contributed by atoms with Crippen LogP contribution in [0.15, 0.2) is 0 Å². The van der Waals surface area contributed by atoms with Gasteiger partial charge in [-0.1, -0.05) is 13.8 Å². The highest BCUT2D eigenvalue weighted by molar-refractivity contribution is 4.91. The second-order valence-electron chi connectivity index (χ2n) is 5.39. The molecule has 3 nitrogen and oxygen atoms in total. The highest BCUT2D eigenvalue weighted by Crippen LogP contribution is 2.37. The lowest BCUT2D eigenvalue weighted by Crippen LogP contribution is -2.41. The van der Waals surface area contributed by atoms with E-state index in [2.05, 4.69) is 26.1 Å². The fourth-order valence-electron chi connectivity index (χ4n) is 2.38. The van der Waals surface area contributed by atoms with Crippen LogP contribution >= 0.6 is 0 Å². The Hall–Kier alpha value is -0.120. The van der Waals surface area contributed by atoms with E-state index >= 15 is 0 Å². The molecule has 1 saturated heterocycles. The first-order chi connectivity index (χ1) is 7.60. The van der Waals surface area contributed by atoms with E-state index in [1.165, 1.54) is 0 Å². The molecule has 2 atom stereocenters. The quantitative estimate of drug-likeness (QED) is 0.725. The molecular weight excluding hydrogens is 202 g/mol. The van der Waals surface area contributed by atoms with Crippen LogP contribution in [0.25, 0.3) is 0 Å². The summed E-state index contributed by atoms with van der Waals surface area (Å²) in [7, 11) is 1.77. The Morgan fingerprint density at radius 3 is 2.75 bits per heavy atom. The third-order valence-electron chi connectivity index (χ3n) is 3.66. The molecule has 0 aromatic carbocycles. The summed E-state index contributed by atoms with van der Waals surface area (Å²) >= 11 is 0. The standard InChI is InChI=1S/C13H27NO2/c1-11(2)9-14-10-13(5-7-15-4)6-8-16-12(13)3/h11-12,14H,5-10H2,1-4H3. The minimum Gasteiger partial charge on any atom is -0.385 e. The summed E-state index contributed by atoms with van der Waals surface area (Å²) in [6.45, 7) is 10.5. The number of methoxy groups -OCH3 is 1. The first-order valence-corrected chi connectivity index (χ1v) is 6.42. The second kappa shape index (κ2) is 6.58. The number of nitrogens with one attached hydrogen (secondary N) is 1. The van der Waals surface area contributed by atoms with Gasteiger partial charge in [0.15, 0.2) is 0 Å². The normalized spacial score (nSPS) is 30.2. The number of ether oxygens (including phenoxy) is 2. The van der Waals surface area contributed by atoms with Crippen LogP contribution in [0.2, 0.25) is 0 Å². The monoisotopic (exact) mass is 229 g/mol. The molecule has 0 saturated carbocycles. The zero-order valence-electron chi connectivity index (χ0n) is 11.2.